The summed E-state index contributed by atoms with van der Waals surface area (Å²) >= 11 is 0. The van der Waals surface area contributed by atoms with Crippen molar-refractivity contribution in [3.8, 4) is 0 Å². The van der Waals surface area contributed by atoms with E-state index >= 15 is 4.39 Å². The Hall–Kier alpha value is -2.76. The van der Waals surface area contributed by atoms with Gasteiger partial charge in [-0.2, -0.15) is 13.2 Å². The monoisotopic (exact) mass is 490 g/mol. The van der Waals surface area contributed by atoms with Gasteiger partial charge in [0.05, 0.1) is 0 Å². The Kier molecular flexibility index (Phi) is 7.58. The Bertz CT molecular complexity index is 1180. The highest BCUT2D eigenvalue weighted by Gasteiger charge is 2.37. The molecule has 4 rings (SSSR count). The van der Waals surface area contributed by atoms with Crippen LogP contribution >= 0.6 is 0 Å². The first-order valence-corrected chi connectivity index (χ1v) is 12.0. The lowest BCUT2D eigenvalue weighted by Gasteiger charge is -2.28. The van der Waals surface area contributed by atoms with Crippen molar-refractivity contribution in [1.82, 2.24) is 0 Å². The van der Waals surface area contributed by atoms with Gasteiger partial charge in [0.25, 0.3) is 0 Å². The van der Waals surface area contributed by atoms with Crippen LogP contribution in [0.3, 0.4) is 0 Å². The number of rotatable bonds is 7. The number of fused-ring (bicyclic) bond motifs is 1. The van der Waals surface area contributed by atoms with E-state index in [4.69, 9.17) is 0 Å². The van der Waals surface area contributed by atoms with Gasteiger partial charge < -0.3 is 0 Å². The number of hydrogen-bond donors (Lipinski definition) is 0. The number of benzene rings is 3. The summed E-state index contributed by atoms with van der Waals surface area (Å²) in [6.07, 6.45) is 3.85. The summed E-state index contributed by atoms with van der Waals surface area (Å²) in [4.78, 5) is 0. The molecule has 0 saturated heterocycles. The number of aryl methyl sites for hydroxylation is 2. The van der Waals surface area contributed by atoms with Gasteiger partial charge in [0.2, 0.25) is 0 Å². The molecule has 0 amide bonds. The van der Waals surface area contributed by atoms with Gasteiger partial charge in [-0.05, 0) is 97.4 Å². The van der Waals surface area contributed by atoms with Gasteiger partial charge in [0.1, 0.15) is 23.0 Å². The summed E-state index contributed by atoms with van der Waals surface area (Å²) in [7, 11) is 0. The molecule has 0 atom stereocenters. The molecule has 1 fully saturated rings. The first-order valence-electron chi connectivity index (χ1n) is 12.0. The predicted octanol–water partition coefficient (Wildman–Crippen LogP) is 9.30. The van der Waals surface area contributed by atoms with E-state index in [0.717, 1.165) is 30.6 Å². The highest BCUT2D eigenvalue weighted by Crippen LogP contribution is 2.39. The van der Waals surface area contributed by atoms with Crippen LogP contribution in [0.4, 0.5) is 26.3 Å². The fraction of sp³-hybridized carbons (Fsp3) is 0.379. The normalized spacial score (nSPS) is 18.7. The summed E-state index contributed by atoms with van der Waals surface area (Å²) in [6, 6.07) is 10.6. The van der Waals surface area contributed by atoms with E-state index in [9.17, 15) is 22.0 Å². The van der Waals surface area contributed by atoms with Crippen LogP contribution in [0.15, 0.2) is 55.1 Å². The molecule has 0 unspecified atom stereocenters. The van der Waals surface area contributed by atoms with Crippen LogP contribution in [0, 0.1) is 23.4 Å². The van der Waals surface area contributed by atoms with Gasteiger partial charge in [-0.25, -0.2) is 13.2 Å². The average Bonchev–Trinajstić information content (AvgIpc) is 2.81. The molecular weight excluding hydrogens is 462 g/mol. The van der Waals surface area contributed by atoms with Gasteiger partial charge in [0.15, 0.2) is 0 Å². The van der Waals surface area contributed by atoms with E-state index in [1.165, 1.54) is 24.8 Å². The van der Waals surface area contributed by atoms with Crippen LogP contribution in [0.5, 0.6) is 0 Å². The smallest absolute Gasteiger partial charge is 0.206 e. The summed E-state index contributed by atoms with van der Waals surface area (Å²) in [5, 5.41) is 1.26. The topological polar surface area (TPSA) is 0 Å². The molecule has 0 spiro atoms. The molecule has 6 heteroatoms. The van der Waals surface area contributed by atoms with E-state index in [1.807, 2.05) is 24.3 Å². The van der Waals surface area contributed by atoms with Gasteiger partial charge in [-0.1, -0.05) is 36.4 Å². The van der Waals surface area contributed by atoms with Crippen molar-refractivity contribution in [1.29, 1.82) is 0 Å². The molecule has 0 N–H and O–H groups in total. The third-order valence-corrected chi connectivity index (χ3v) is 7.22. The number of hydrogen-bond acceptors (Lipinski definition) is 0. The molecule has 1 saturated carbocycles. The van der Waals surface area contributed by atoms with Gasteiger partial charge in [-0.15, -0.1) is 6.58 Å². The average molecular weight is 491 g/mol. The zero-order valence-corrected chi connectivity index (χ0v) is 19.4. The largest absolute Gasteiger partial charge is 0.422 e. The fourth-order valence-electron chi connectivity index (χ4n) is 5.26. The van der Waals surface area contributed by atoms with Crippen LogP contribution < -0.4 is 0 Å². The van der Waals surface area contributed by atoms with Gasteiger partial charge in [0, 0.05) is 5.39 Å². The van der Waals surface area contributed by atoms with Crippen molar-refractivity contribution in [2.24, 2.45) is 5.92 Å². The Labute approximate surface area is 201 Å². The standard InChI is InChI=1S/C29H28F6/c1-2-3-4-18-5-8-20(9-6-18)22-13-14-24-23(17-22)12-11-21(28(24)32)10-7-19-15-25(30)27(26(31)16-19)29(33,34)35/h2,11-18,20H,1,3-10H2. The maximum absolute atomic E-state index is 15.2. The van der Waals surface area contributed by atoms with Crippen LogP contribution in [0.2, 0.25) is 0 Å². The number of halogens is 6. The molecule has 0 nitrogen and oxygen atoms in total. The van der Waals surface area contributed by atoms with Crippen LogP contribution in [0.1, 0.15) is 66.7 Å². The molecule has 0 radical (unpaired) electrons. The van der Waals surface area contributed by atoms with Crippen molar-refractivity contribution >= 4 is 10.8 Å². The maximum Gasteiger partial charge on any atom is 0.422 e. The molecule has 1 aliphatic carbocycles. The molecule has 1 aliphatic rings. The Morgan fingerprint density at radius 2 is 1.54 bits per heavy atom. The predicted molar refractivity (Wildman–Crippen MR) is 127 cm³/mol. The zero-order chi connectivity index (χ0) is 25.2. The van der Waals surface area contributed by atoms with E-state index in [0.29, 0.717) is 29.0 Å². The molecule has 186 valence electrons. The lowest BCUT2D eigenvalue weighted by atomic mass is 9.77. The Balaban J connectivity index is 1.46. The van der Waals surface area contributed by atoms with Crippen LogP contribution in [0.25, 0.3) is 10.8 Å². The first-order chi connectivity index (χ1) is 16.7. The van der Waals surface area contributed by atoms with Gasteiger partial charge in [-0.3, -0.25) is 0 Å². The molecule has 0 aliphatic heterocycles. The van der Waals surface area contributed by atoms with Crippen molar-refractivity contribution in [3.05, 3.63) is 94.8 Å². The van der Waals surface area contributed by atoms with Crippen molar-refractivity contribution in [3.63, 3.8) is 0 Å². The van der Waals surface area contributed by atoms with E-state index in [-0.39, 0.29) is 18.4 Å². The Morgan fingerprint density at radius 3 is 2.17 bits per heavy atom. The molecule has 0 heterocycles. The van der Waals surface area contributed by atoms with Crippen LogP contribution in [-0.2, 0) is 19.0 Å². The molecule has 3 aromatic carbocycles. The third-order valence-electron chi connectivity index (χ3n) is 7.22. The molecule has 0 bridgehead atoms. The Morgan fingerprint density at radius 1 is 0.857 bits per heavy atom. The summed E-state index contributed by atoms with van der Waals surface area (Å²) in [6.45, 7) is 3.80. The zero-order valence-electron chi connectivity index (χ0n) is 19.4. The highest BCUT2D eigenvalue weighted by atomic mass is 19.4. The number of allylic oxidation sites excluding steroid dienone is 1. The lowest BCUT2D eigenvalue weighted by molar-refractivity contribution is -0.142. The minimum atomic E-state index is -5.11. The second-order valence-electron chi connectivity index (χ2n) is 9.54. The van der Waals surface area contributed by atoms with Crippen molar-refractivity contribution in [2.75, 3.05) is 0 Å². The summed E-state index contributed by atoms with van der Waals surface area (Å²) < 4.78 is 81.2. The van der Waals surface area contributed by atoms with E-state index < -0.39 is 29.2 Å². The molecule has 35 heavy (non-hydrogen) atoms. The first kappa shape index (κ1) is 25.3. The van der Waals surface area contributed by atoms with Crippen LogP contribution in [-0.4, -0.2) is 0 Å². The fourth-order valence-corrected chi connectivity index (χ4v) is 5.26. The second kappa shape index (κ2) is 10.5. The highest BCUT2D eigenvalue weighted by molar-refractivity contribution is 5.84. The molecule has 0 aromatic heterocycles. The van der Waals surface area contributed by atoms with E-state index in [2.05, 4.69) is 6.58 Å². The minimum absolute atomic E-state index is 0.0155. The summed E-state index contributed by atoms with van der Waals surface area (Å²) in [5.74, 6) is -2.51. The SMILES string of the molecule is C=CCCC1CCC(c2ccc3c(F)c(CCc4cc(F)c(C(F)(F)F)c(F)c4)ccc3c2)CC1. The van der Waals surface area contributed by atoms with Crippen molar-refractivity contribution in [2.45, 2.75) is 63.5 Å². The molecule has 3 aromatic rings. The van der Waals surface area contributed by atoms with Crippen molar-refractivity contribution < 1.29 is 26.3 Å². The molecular formula is C29H28F6. The van der Waals surface area contributed by atoms with Gasteiger partial charge >= 0.3 is 6.18 Å². The third kappa shape index (κ3) is 5.74. The lowest BCUT2D eigenvalue weighted by Crippen LogP contribution is -2.13. The summed E-state index contributed by atoms with van der Waals surface area (Å²) in [5.41, 5.74) is -0.290. The maximum atomic E-state index is 15.2. The van der Waals surface area contributed by atoms with E-state index in [1.54, 1.807) is 12.1 Å². The number of alkyl halides is 3. The second-order valence-corrected chi connectivity index (χ2v) is 9.54. The minimum Gasteiger partial charge on any atom is -0.206 e. The quantitative estimate of drug-likeness (QED) is 0.229.